The first kappa shape index (κ1) is 20.3. The van der Waals surface area contributed by atoms with Crippen LogP contribution in [0.1, 0.15) is 17.9 Å². The second-order valence-electron chi connectivity index (χ2n) is 6.27. The number of rotatable bonds is 3. The lowest BCUT2D eigenvalue weighted by atomic mass is 9.62. The molecule has 1 N–H and O–H groups in total. The number of carbonyl (C=O) groups excluding carboxylic acids is 2. The molecule has 0 aliphatic heterocycles. The lowest BCUT2D eigenvalue weighted by Crippen LogP contribution is -2.64. The first-order valence-electron chi connectivity index (χ1n) is 7.85. The zero-order valence-corrected chi connectivity index (χ0v) is 17.1. The number of phenolic OH excluding ortho intramolecular Hbond substituents is 1. The number of fused-ring (bicyclic) bond motifs is 1. The van der Waals surface area contributed by atoms with Gasteiger partial charge in [0.15, 0.2) is 11.6 Å². The highest BCUT2D eigenvalue weighted by molar-refractivity contribution is 6.66. The van der Waals surface area contributed by atoms with Crippen LogP contribution in [0.3, 0.4) is 0 Å². The van der Waals surface area contributed by atoms with Crippen molar-refractivity contribution in [1.29, 1.82) is 0 Å². The van der Waals surface area contributed by atoms with Crippen LogP contribution in [0, 0.1) is 0 Å². The number of carbonyl (C=O) groups is 2. The Morgan fingerprint density at radius 3 is 2.41 bits per heavy atom. The minimum Gasteiger partial charge on any atom is -0.508 e. The normalized spacial score (nSPS) is 30.7. The summed E-state index contributed by atoms with van der Waals surface area (Å²) >= 11 is 25.4. The van der Waals surface area contributed by atoms with E-state index < -0.39 is 37.3 Å². The van der Waals surface area contributed by atoms with Gasteiger partial charge in [-0.3, -0.25) is 9.59 Å². The number of methoxy groups -OCH3 is 1. The van der Waals surface area contributed by atoms with E-state index in [0.29, 0.717) is 11.3 Å². The number of ketones is 2. The number of hydrogen-bond acceptors (Lipinski definition) is 4. The summed E-state index contributed by atoms with van der Waals surface area (Å²) in [6, 6.07) is 4.52. The number of ether oxygens (including phenoxy) is 1. The zero-order valence-electron chi connectivity index (χ0n) is 14.1. The average molecular weight is 448 g/mol. The van der Waals surface area contributed by atoms with Crippen LogP contribution in [0.5, 0.6) is 11.5 Å². The number of aromatic hydroxyl groups is 1. The summed E-state index contributed by atoms with van der Waals surface area (Å²) in [5, 5.41) is 9.62. The Morgan fingerprint density at radius 2 is 1.85 bits per heavy atom. The molecule has 0 radical (unpaired) electrons. The molecule has 2 aliphatic carbocycles. The predicted molar refractivity (Wildman–Crippen MR) is 106 cm³/mol. The standard InChI is InChI=1S/C19H14Cl4O4/c1-3-9-6-7-18(22)16(25)14(20)15(21)17(26)19(18,23)13(9)11-5-4-10(27-2)8-12(11)24/h3-6,8,13,24H,1,7H2,2H3/t13-,18-,19+/m1/s1. The minimum atomic E-state index is -1.99. The second kappa shape index (κ2) is 6.85. The summed E-state index contributed by atoms with van der Waals surface area (Å²) in [4.78, 5) is 22.1. The van der Waals surface area contributed by atoms with E-state index in [0.717, 1.165) is 0 Å². The highest BCUT2D eigenvalue weighted by atomic mass is 35.5. The predicted octanol–water partition coefficient (Wildman–Crippen LogP) is 4.80. The molecule has 1 aromatic rings. The molecule has 4 nitrogen and oxygen atoms in total. The molecule has 8 heteroatoms. The molecule has 142 valence electrons. The van der Waals surface area contributed by atoms with Crippen LogP contribution >= 0.6 is 46.4 Å². The number of benzene rings is 1. The monoisotopic (exact) mass is 446 g/mol. The molecule has 0 saturated carbocycles. The topological polar surface area (TPSA) is 63.6 Å². The molecule has 2 aliphatic rings. The van der Waals surface area contributed by atoms with Gasteiger partial charge in [0.25, 0.3) is 0 Å². The summed E-state index contributed by atoms with van der Waals surface area (Å²) in [6.45, 7) is 3.75. The van der Waals surface area contributed by atoms with Gasteiger partial charge in [-0.25, -0.2) is 0 Å². The van der Waals surface area contributed by atoms with Gasteiger partial charge in [0.05, 0.1) is 7.11 Å². The maximum atomic E-state index is 13.1. The van der Waals surface area contributed by atoms with E-state index in [9.17, 15) is 14.7 Å². The van der Waals surface area contributed by atoms with Gasteiger partial charge in [-0.2, -0.15) is 0 Å². The van der Waals surface area contributed by atoms with Crippen LogP contribution in [0.15, 0.2) is 52.6 Å². The average Bonchev–Trinajstić information content (AvgIpc) is 2.66. The number of phenols is 1. The third kappa shape index (κ3) is 2.65. The first-order chi connectivity index (χ1) is 12.6. The maximum Gasteiger partial charge on any atom is 0.199 e. The van der Waals surface area contributed by atoms with Gasteiger partial charge in [-0.05, 0) is 18.1 Å². The molecule has 0 saturated heterocycles. The quantitative estimate of drug-likeness (QED) is 0.676. The molecule has 1 aromatic carbocycles. The smallest absolute Gasteiger partial charge is 0.199 e. The van der Waals surface area contributed by atoms with Gasteiger partial charge in [0.2, 0.25) is 0 Å². The molecule has 3 rings (SSSR count). The van der Waals surface area contributed by atoms with Gasteiger partial charge in [-0.15, -0.1) is 23.2 Å². The third-order valence-electron chi connectivity index (χ3n) is 4.99. The Hall–Kier alpha value is -1.46. The van der Waals surface area contributed by atoms with E-state index in [2.05, 4.69) is 6.58 Å². The second-order valence-corrected chi connectivity index (χ2v) is 8.27. The van der Waals surface area contributed by atoms with Crippen molar-refractivity contribution in [2.45, 2.75) is 22.1 Å². The molecule has 0 bridgehead atoms. The van der Waals surface area contributed by atoms with E-state index in [1.165, 1.54) is 19.3 Å². The van der Waals surface area contributed by atoms with Gasteiger partial charge in [-0.1, -0.05) is 48.0 Å². The maximum absolute atomic E-state index is 13.1. The van der Waals surface area contributed by atoms with Crippen LogP contribution in [-0.4, -0.2) is 33.5 Å². The van der Waals surface area contributed by atoms with E-state index in [-0.39, 0.29) is 17.7 Å². The molecule has 3 atom stereocenters. The first-order valence-corrected chi connectivity index (χ1v) is 9.36. The van der Waals surface area contributed by atoms with Crippen molar-refractivity contribution in [2.24, 2.45) is 0 Å². The molecule has 27 heavy (non-hydrogen) atoms. The Kier molecular flexibility index (Phi) is 5.15. The highest BCUT2D eigenvalue weighted by Crippen LogP contribution is 2.60. The SMILES string of the molecule is C=CC1=CC[C@@]2(Cl)C(=O)C(Cl)=C(Cl)C(=O)[C@@]2(Cl)[C@H]1c1ccc(OC)cc1O. The lowest BCUT2D eigenvalue weighted by molar-refractivity contribution is -0.127. The fraction of sp³-hybridized carbons (Fsp3) is 0.263. The van der Waals surface area contributed by atoms with Crippen LogP contribution < -0.4 is 4.74 Å². The van der Waals surface area contributed by atoms with E-state index in [1.54, 1.807) is 18.2 Å². The largest absolute Gasteiger partial charge is 0.508 e. The molecule has 0 spiro atoms. The molecule has 0 fully saturated rings. The van der Waals surface area contributed by atoms with E-state index in [1.807, 2.05) is 0 Å². The van der Waals surface area contributed by atoms with Gasteiger partial charge in [0, 0.05) is 17.5 Å². The van der Waals surface area contributed by atoms with Crippen molar-refractivity contribution < 1.29 is 19.4 Å². The molecular formula is C19H14Cl4O4. The summed E-state index contributed by atoms with van der Waals surface area (Å²) in [7, 11) is 1.45. The van der Waals surface area contributed by atoms with Crippen molar-refractivity contribution >= 4 is 58.0 Å². The summed E-state index contributed by atoms with van der Waals surface area (Å²) in [5.74, 6) is -2.27. The fourth-order valence-electron chi connectivity index (χ4n) is 3.57. The Balaban J connectivity index is 2.33. The van der Waals surface area contributed by atoms with Crippen molar-refractivity contribution in [3.8, 4) is 11.5 Å². The number of hydrogen-bond donors (Lipinski definition) is 1. The van der Waals surface area contributed by atoms with Crippen LogP contribution in [-0.2, 0) is 9.59 Å². The van der Waals surface area contributed by atoms with Crippen LogP contribution in [0.25, 0.3) is 0 Å². The summed E-state index contributed by atoms with van der Waals surface area (Å²) in [6.07, 6.45) is 3.11. The summed E-state index contributed by atoms with van der Waals surface area (Å²) < 4.78 is 5.09. The summed E-state index contributed by atoms with van der Waals surface area (Å²) in [5.41, 5.74) is 0.815. The van der Waals surface area contributed by atoms with Crippen molar-refractivity contribution in [3.05, 3.63) is 58.1 Å². The highest BCUT2D eigenvalue weighted by Gasteiger charge is 2.68. The Morgan fingerprint density at radius 1 is 1.22 bits per heavy atom. The van der Waals surface area contributed by atoms with Gasteiger partial charge < -0.3 is 9.84 Å². The van der Waals surface area contributed by atoms with E-state index >= 15 is 0 Å². The number of allylic oxidation sites excluding steroid dienone is 5. The Labute approximate surface area is 176 Å². The van der Waals surface area contributed by atoms with Crippen LogP contribution in [0.4, 0.5) is 0 Å². The molecule has 0 heterocycles. The van der Waals surface area contributed by atoms with Crippen molar-refractivity contribution in [1.82, 2.24) is 0 Å². The number of Topliss-reactive ketones (excluding diaryl/α,β-unsaturated/α-hetero) is 2. The number of alkyl halides is 2. The third-order valence-corrected chi connectivity index (χ3v) is 7.24. The van der Waals surface area contributed by atoms with Gasteiger partial charge in [0.1, 0.15) is 31.3 Å². The van der Waals surface area contributed by atoms with Crippen LogP contribution in [0.2, 0.25) is 0 Å². The molecular weight excluding hydrogens is 434 g/mol. The lowest BCUT2D eigenvalue weighted by Gasteiger charge is -2.50. The fourth-order valence-corrected chi connectivity index (χ4v) is 5.02. The van der Waals surface area contributed by atoms with Gasteiger partial charge >= 0.3 is 0 Å². The molecule has 0 unspecified atom stereocenters. The molecule has 0 aromatic heterocycles. The van der Waals surface area contributed by atoms with E-state index in [4.69, 9.17) is 51.1 Å². The number of halogens is 4. The zero-order chi connectivity index (χ0) is 20.1. The van der Waals surface area contributed by atoms with Crippen molar-refractivity contribution in [3.63, 3.8) is 0 Å². The molecule has 0 amide bonds. The Bertz CT molecular complexity index is 936. The minimum absolute atomic E-state index is 0.0439. The van der Waals surface area contributed by atoms with Crippen molar-refractivity contribution in [2.75, 3.05) is 7.11 Å².